The molecule has 7 heteroatoms. The first-order valence-corrected chi connectivity index (χ1v) is 10.1. The summed E-state index contributed by atoms with van der Waals surface area (Å²) >= 11 is 0. The summed E-state index contributed by atoms with van der Waals surface area (Å²) in [4.78, 5) is 27.0. The standard InChI is InChI=1S/C22H26N4O3/c1-16(2)17-3-5-18(6-4-17)19-15-20-22(28)25(9-10-26(20)23-19)8-7-21(27)24-11-13-29-14-12-24/h3-6,9-10,15-16H,7-8,11-14H2,1-2H3. The third kappa shape index (κ3) is 4.10. The highest BCUT2D eigenvalue weighted by molar-refractivity contribution is 5.76. The second-order valence-electron chi connectivity index (χ2n) is 7.68. The third-order valence-corrected chi connectivity index (χ3v) is 5.41. The van der Waals surface area contributed by atoms with Gasteiger partial charge in [-0.2, -0.15) is 5.10 Å². The SMILES string of the molecule is CC(C)c1ccc(-c2cc3c(=O)n(CCC(=O)N4CCOCC4)ccn3n2)cc1. The van der Waals surface area contributed by atoms with Crippen LogP contribution in [0.1, 0.15) is 31.7 Å². The predicted octanol–water partition coefficient (Wildman–Crippen LogP) is 2.54. The molecule has 1 aliphatic heterocycles. The smallest absolute Gasteiger partial charge is 0.276 e. The highest BCUT2D eigenvalue weighted by Crippen LogP contribution is 2.22. The van der Waals surface area contributed by atoms with E-state index in [1.807, 2.05) is 18.2 Å². The Morgan fingerprint density at radius 3 is 2.55 bits per heavy atom. The van der Waals surface area contributed by atoms with Gasteiger partial charge in [-0.15, -0.1) is 0 Å². The molecular weight excluding hydrogens is 368 g/mol. The van der Waals surface area contributed by atoms with E-state index < -0.39 is 0 Å². The van der Waals surface area contributed by atoms with Crippen molar-refractivity contribution in [1.82, 2.24) is 19.1 Å². The number of morpholine rings is 1. The van der Waals surface area contributed by atoms with Crippen LogP contribution < -0.4 is 5.56 Å². The summed E-state index contributed by atoms with van der Waals surface area (Å²) < 4.78 is 8.47. The maximum atomic E-state index is 12.9. The summed E-state index contributed by atoms with van der Waals surface area (Å²) in [5, 5.41) is 4.54. The van der Waals surface area contributed by atoms with E-state index in [2.05, 4.69) is 31.1 Å². The molecule has 1 saturated heterocycles. The van der Waals surface area contributed by atoms with Crippen molar-refractivity contribution in [1.29, 1.82) is 0 Å². The first-order chi connectivity index (χ1) is 14.0. The van der Waals surface area contributed by atoms with Gasteiger partial charge in [-0.3, -0.25) is 9.59 Å². The maximum Gasteiger partial charge on any atom is 0.276 e. The molecule has 29 heavy (non-hydrogen) atoms. The molecule has 0 saturated carbocycles. The molecule has 0 N–H and O–H groups in total. The zero-order valence-corrected chi connectivity index (χ0v) is 16.9. The minimum absolute atomic E-state index is 0.0551. The number of fused-ring (bicyclic) bond motifs is 1. The van der Waals surface area contributed by atoms with Gasteiger partial charge in [-0.1, -0.05) is 38.1 Å². The number of benzene rings is 1. The van der Waals surface area contributed by atoms with E-state index in [0.29, 0.717) is 50.7 Å². The van der Waals surface area contributed by atoms with Gasteiger partial charge in [0.25, 0.3) is 5.56 Å². The van der Waals surface area contributed by atoms with Crippen LogP contribution >= 0.6 is 0 Å². The van der Waals surface area contributed by atoms with E-state index in [1.54, 1.807) is 26.4 Å². The molecule has 3 heterocycles. The number of carbonyl (C=O) groups is 1. The van der Waals surface area contributed by atoms with Gasteiger partial charge >= 0.3 is 0 Å². The Labute approximate surface area is 169 Å². The monoisotopic (exact) mass is 394 g/mol. The molecule has 4 rings (SSSR count). The number of ether oxygens (including phenoxy) is 1. The van der Waals surface area contributed by atoms with Gasteiger partial charge in [0.05, 0.1) is 18.9 Å². The lowest BCUT2D eigenvalue weighted by Gasteiger charge is -2.26. The number of carbonyl (C=O) groups excluding carboxylic acids is 1. The summed E-state index contributed by atoms with van der Waals surface area (Å²) in [6.07, 6.45) is 3.76. The number of hydrogen-bond acceptors (Lipinski definition) is 4. The van der Waals surface area contributed by atoms with Gasteiger partial charge in [0.1, 0.15) is 5.52 Å². The summed E-state index contributed by atoms with van der Waals surface area (Å²) in [7, 11) is 0. The summed E-state index contributed by atoms with van der Waals surface area (Å²) in [6.45, 7) is 7.07. The van der Waals surface area contributed by atoms with Crippen molar-refractivity contribution in [2.24, 2.45) is 0 Å². The minimum Gasteiger partial charge on any atom is -0.378 e. The molecule has 0 atom stereocenters. The van der Waals surface area contributed by atoms with Gasteiger partial charge in [-0.25, -0.2) is 4.52 Å². The van der Waals surface area contributed by atoms with Crippen molar-refractivity contribution >= 4 is 11.4 Å². The van der Waals surface area contributed by atoms with E-state index in [-0.39, 0.29) is 11.5 Å². The van der Waals surface area contributed by atoms with Crippen LogP contribution in [0.4, 0.5) is 0 Å². The molecule has 3 aromatic rings. The van der Waals surface area contributed by atoms with E-state index in [0.717, 1.165) is 11.3 Å². The average Bonchev–Trinajstić information content (AvgIpc) is 3.19. The molecule has 7 nitrogen and oxygen atoms in total. The Kier molecular flexibility index (Phi) is 5.49. The molecule has 1 aromatic carbocycles. The second-order valence-corrected chi connectivity index (χ2v) is 7.68. The first-order valence-electron chi connectivity index (χ1n) is 10.1. The van der Waals surface area contributed by atoms with E-state index in [4.69, 9.17) is 4.74 Å². The Bertz CT molecular complexity index is 1060. The highest BCUT2D eigenvalue weighted by Gasteiger charge is 2.17. The Morgan fingerprint density at radius 2 is 1.86 bits per heavy atom. The molecule has 152 valence electrons. The third-order valence-electron chi connectivity index (χ3n) is 5.41. The fourth-order valence-corrected chi connectivity index (χ4v) is 3.57. The first kappa shape index (κ1) is 19.4. The largest absolute Gasteiger partial charge is 0.378 e. The normalized spacial score (nSPS) is 14.7. The van der Waals surface area contributed by atoms with Gasteiger partial charge in [0.2, 0.25) is 5.91 Å². The number of nitrogens with zero attached hydrogens (tertiary/aromatic N) is 4. The molecule has 0 radical (unpaired) electrons. The Morgan fingerprint density at radius 1 is 1.14 bits per heavy atom. The molecule has 0 spiro atoms. The fourth-order valence-electron chi connectivity index (χ4n) is 3.57. The topological polar surface area (TPSA) is 68.8 Å². The summed E-state index contributed by atoms with van der Waals surface area (Å²) in [5.74, 6) is 0.525. The summed E-state index contributed by atoms with van der Waals surface area (Å²) in [6, 6.07) is 10.1. The zero-order valence-electron chi connectivity index (χ0n) is 16.9. The van der Waals surface area contributed by atoms with E-state index >= 15 is 0 Å². The molecule has 0 unspecified atom stereocenters. The molecule has 1 fully saturated rings. The van der Waals surface area contributed by atoms with Gasteiger partial charge in [-0.05, 0) is 17.5 Å². The lowest BCUT2D eigenvalue weighted by atomic mass is 10.0. The Hall–Kier alpha value is -2.93. The van der Waals surface area contributed by atoms with Crippen molar-refractivity contribution < 1.29 is 9.53 Å². The van der Waals surface area contributed by atoms with Gasteiger partial charge in [0.15, 0.2) is 0 Å². The van der Waals surface area contributed by atoms with Crippen LogP contribution in [0.2, 0.25) is 0 Å². The van der Waals surface area contributed by atoms with E-state index in [1.165, 1.54) is 5.56 Å². The van der Waals surface area contributed by atoms with Crippen LogP contribution in [0.25, 0.3) is 16.8 Å². The number of rotatable bonds is 5. The summed E-state index contributed by atoms with van der Waals surface area (Å²) in [5.41, 5.74) is 3.38. The molecule has 1 amide bonds. The van der Waals surface area contributed by atoms with Gasteiger partial charge in [0, 0.05) is 44.0 Å². The molecule has 2 aromatic heterocycles. The van der Waals surface area contributed by atoms with Crippen LogP contribution in [0.5, 0.6) is 0 Å². The number of aromatic nitrogens is 3. The lowest BCUT2D eigenvalue weighted by Crippen LogP contribution is -2.41. The van der Waals surface area contributed by atoms with Crippen molar-refractivity contribution in [3.05, 3.63) is 58.6 Å². The fraction of sp³-hybridized carbons (Fsp3) is 0.409. The van der Waals surface area contributed by atoms with Crippen LogP contribution in [-0.2, 0) is 16.1 Å². The molecular formula is C22H26N4O3. The maximum absolute atomic E-state index is 12.9. The number of aryl methyl sites for hydroxylation is 1. The van der Waals surface area contributed by atoms with Crippen molar-refractivity contribution in [2.45, 2.75) is 32.7 Å². The van der Waals surface area contributed by atoms with Crippen molar-refractivity contribution in [3.8, 4) is 11.3 Å². The quantitative estimate of drug-likeness (QED) is 0.667. The van der Waals surface area contributed by atoms with E-state index in [9.17, 15) is 9.59 Å². The van der Waals surface area contributed by atoms with Gasteiger partial charge < -0.3 is 14.2 Å². The van der Waals surface area contributed by atoms with Crippen molar-refractivity contribution in [2.75, 3.05) is 26.3 Å². The highest BCUT2D eigenvalue weighted by atomic mass is 16.5. The lowest BCUT2D eigenvalue weighted by molar-refractivity contribution is -0.135. The minimum atomic E-state index is -0.139. The Balaban J connectivity index is 1.53. The average molecular weight is 394 g/mol. The molecule has 0 bridgehead atoms. The molecule has 0 aliphatic carbocycles. The van der Waals surface area contributed by atoms with Crippen LogP contribution in [0.15, 0.2) is 47.5 Å². The number of amides is 1. The molecule has 1 aliphatic rings. The number of hydrogen-bond donors (Lipinski definition) is 0. The van der Waals surface area contributed by atoms with Crippen LogP contribution in [0, 0.1) is 0 Å². The van der Waals surface area contributed by atoms with Crippen LogP contribution in [-0.4, -0.2) is 51.3 Å². The zero-order chi connectivity index (χ0) is 20.4. The van der Waals surface area contributed by atoms with Crippen LogP contribution in [0.3, 0.4) is 0 Å². The second kappa shape index (κ2) is 8.21. The van der Waals surface area contributed by atoms with Crippen molar-refractivity contribution in [3.63, 3.8) is 0 Å². The predicted molar refractivity (Wildman–Crippen MR) is 111 cm³/mol.